The summed E-state index contributed by atoms with van der Waals surface area (Å²) in [6.07, 6.45) is 4.42. The number of fused-ring (bicyclic) bond motifs is 1. The third kappa shape index (κ3) is 3.63. The number of allylic oxidation sites excluding steroid dienone is 1. The summed E-state index contributed by atoms with van der Waals surface area (Å²) in [6, 6.07) is 8.50. The van der Waals surface area contributed by atoms with Gasteiger partial charge in [0.25, 0.3) is 0 Å². The molecule has 0 aliphatic heterocycles. The first-order chi connectivity index (χ1) is 9.92. The number of hydrogen-bond donors (Lipinski definition) is 1. The van der Waals surface area contributed by atoms with Crippen molar-refractivity contribution in [2.24, 2.45) is 0 Å². The number of nitrogens with one attached hydrogen (secondary N) is 1. The van der Waals surface area contributed by atoms with Gasteiger partial charge in [0, 0.05) is 18.8 Å². The summed E-state index contributed by atoms with van der Waals surface area (Å²) < 4.78 is 12.5. The molecule has 0 saturated heterocycles. The molecule has 21 heavy (non-hydrogen) atoms. The number of hydrogen-bond acceptors (Lipinski definition) is 3. The van der Waals surface area contributed by atoms with Gasteiger partial charge in [-0.1, -0.05) is 36.4 Å². The van der Waals surface area contributed by atoms with Crippen LogP contribution in [0.2, 0.25) is 0 Å². The zero-order valence-corrected chi connectivity index (χ0v) is 14.8. The van der Waals surface area contributed by atoms with E-state index in [-0.39, 0.29) is 11.1 Å². The summed E-state index contributed by atoms with van der Waals surface area (Å²) in [6.45, 7) is 11.9. The molecule has 1 aliphatic rings. The van der Waals surface area contributed by atoms with Crippen LogP contribution in [-0.2, 0) is 8.85 Å². The van der Waals surface area contributed by atoms with Gasteiger partial charge in [0.1, 0.15) is 0 Å². The van der Waals surface area contributed by atoms with E-state index in [9.17, 15) is 0 Å². The molecule has 0 saturated carbocycles. The van der Waals surface area contributed by atoms with Crippen LogP contribution in [0.5, 0.6) is 0 Å². The van der Waals surface area contributed by atoms with Gasteiger partial charge in [0.05, 0.1) is 5.54 Å². The average Bonchev–Trinajstić information content (AvgIpc) is 2.81. The lowest BCUT2D eigenvalue weighted by Gasteiger charge is -2.40. The van der Waals surface area contributed by atoms with E-state index in [1.54, 1.807) is 0 Å². The largest absolute Gasteiger partial charge is 0.437 e. The molecule has 1 unspecified atom stereocenters. The molecular weight excluding hydrogens is 278 g/mol. The lowest BCUT2D eigenvalue weighted by Crippen LogP contribution is -2.65. The Morgan fingerprint density at radius 3 is 2.29 bits per heavy atom. The molecule has 2 rings (SSSR count). The monoisotopic (exact) mass is 305 g/mol. The van der Waals surface area contributed by atoms with Gasteiger partial charge < -0.3 is 8.85 Å². The summed E-state index contributed by atoms with van der Waals surface area (Å²) in [4.78, 5) is 3.70. The summed E-state index contributed by atoms with van der Waals surface area (Å²) in [5, 5.41) is 0. The minimum absolute atomic E-state index is 0.0536. The standard InChI is InChI=1S/C17H27NO2Si/c1-6-19-21(20-7-2,18-17(3,4)5)16-13-12-14-10-8-9-11-15(14)16/h8-13,16,18H,6-7H2,1-5H3. The van der Waals surface area contributed by atoms with E-state index in [1.165, 1.54) is 11.1 Å². The lowest BCUT2D eigenvalue weighted by molar-refractivity contribution is 0.155. The maximum absolute atomic E-state index is 6.24. The lowest BCUT2D eigenvalue weighted by atomic mass is 10.1. The Balaban J connectivity index is 2.42. The van der Waals surface area contributed by atoms with Crippen LogP contribution in [0.15, 0.2) is 30.3 Å². The van der Waals surface area contributed by atoms with E-state index in [0.29, 0.717) is 13.2 Å². The Bertz CT molecular complexity index is 502. The second kappa shape index (κ2) is 6.44. The first-order valence-electron chi connectivity index (χ1n) is 7.76. The second-order valence-electron chi connectivity index (χ2n) is 6.37. The molecule has 0 heterocycles. The van der Waals surface area contributed by atoms with Crippen molar-refractivity contribution in [3.8, 4) is 0 Å². The van der Waals surface area contributed by atoms with Gasteiger partial charge in [-0.05, 0) is 45.7 Å². The predicted octanol–water partition coefficient (Wildman–Crippen LogP) is 3.74. The maximum Gasteiger partial charge on any atom is 0.437 e. The van der Waals surface area contributed by atoms with Crippen LogP contribution in [0.25, 0.3) is 6.08 Å². The second-order valence-corrected chi connectivity index (χ2v) is 9.16. The topological polar surface area (TPSA) is 30.5 Å². The predicted molar refractivity (Wildman–Crippen MR) is 90.1 cm³/mol. The van der Waals surface area contributed by atoms with Crippen molar-refractivity contribution in [2.75, 3.05) is 13.2 Å². The van der Waals surface area contributed by atoms with Crippen molar-refractivity contribution >= 4 is 14.8 Å². The van der Waals surface area contributed by atoms with Crippen molar-refractivity contribution in [2.45, 2.75) is 45.7 Å². The average molecular weight is 305 g/mol. The SMILES string of the molecule is CCO[Si](NC(C)(C)C)(OCC)C1C=Cc2ccccc21. The first kappa shape index (κ1) is 16.4. The van der Waals surface area contributed by atoms with E-state index >= 15 is 0 Å². The van der Waals surface area contributed by atoms with Crippen molar-refractivity contribution in [1.82, 2.24) is 4.98 Å². The van der Waals surface area contributed by atoms with Gasteiger partial charge in [-0.25, -0.2) is 0 Å². The molecule has 1 aromatic rings. The molecule has 4 heteroatoms. The van der Waals surface area contributed by atoms with E-state index in [1.807, 2.05) is 13.8 Å². The highest BCUT2D eigenvalue weighted by atomic mass is 28.4. The summed E-state index contributed by atoms with van der Waals surface area (Å²) in [7, 11) is -2.59. The van der Waals surface area contributed by atoms with Crippen molar-refractivity contribution in [3.05, 3.63) is 41.5 Å². The number of benzene rings is 1. The summed E-state index contributed by atoms with van der Waals surface area (Å²) >= 11 is 0. The first-order valence-corrected chi connectivity index (χ1v) is 9.65. The number of rotatable bonds is 6. The fourth-order valence-electron chi connectivity index (χ4n) is 2.90. The molecule has 1 atom stereocenters. The zero-order valence-electron chi connectivity index (χ0n) is 13.8. The van der Waals surface area contributed by atoms with Gasteiger partial charge >= 0.3 is 8.72 Å². The molecule has 1 aliphatic carbocycles. The summed E-state index contributed by atoms with van der Waals surface area (Å²) in [5.74, 6) is 0. The quantitative estimate of drug-likeness (QED) is 0.812. The molecule has 0 amide bonds. The molecule has 1 aromatic carbocycles. The Morgan fingerprint density at radius 1 is 1.10 bits per heavy atom. The molecular formula is C17H27NO2Si. The van der Waals surface area contributed by atoms with E-state index in [4.69, 9.17) is 8.85 Å². The van der Waals surface area contributed by atoms with Crippen molar-refractivity contribution < 1.29 is 8.85 Å². The van der Waals surface area contributed by atoms with Crippen LogP contribution in [0, 0.1) is 0 Å². The minimum Gasteiger partial charge on any atom is -0.382 e. The Kier molecular flexibility index (Phi) is 5.04. The van der Waals surface area contributed by atoms with Crippen LogP contribution in [0.4, 0.5) is 0 Å². The highest BCUT2D eigenvalue weighted by molar-refractivity contribution is 6.67. The van der Waals surface area contributed by atoms with Gasteiger partial charge in [-0.3, -0.25) is 4.98 Å². The molecule has 0 fully saturated rings. The fourth-order valence-corrected chi connectivity index (χ4v) is 6.57. The molecule has 0 radical (unpaired) electrons. The van der Waals surface area contributed by atoms with Crippen LogP contribution in [0.3, 0.4) is 0 Å². The highest BCUT2D eigenvalue weighted by Gasteiger charge is 2.50. The van der Waals surface area contributed by atoms with E-state index in [2.05, 4.69) is 62.2 Å². The maximum atomic E-state index is 6.24. The van der Waals surface area contributed by atoms with Gasteiger partial charge in [-0.2, -0.15) is 0 Å². The fraction of sp³-hybridized carbons (Fsp3) is 0.529. The van der Waals surface area contributed by atoms with Crippen LogP contribution < -0.4 is 4.98 Å². The molecule has 0 aromatic heterocycles. The molecule has 1 N–H and O–H groups in total. The van der Waals surface area contributed by atoms with Crippen LogP contribution in [-0.4, -0.2) is 27.5 Å². The summed E-state index contributed by atoms with van der Waals surface area (Å²) in [5.41, 5.74) is 2.72. The Hall–Kier alpha value is -0.943. The molecule has 0 bridgehead atoms. The third-order valence-corrected chi connectivity index (χ3v) is 7.33. The van der Waals surface area contributed by atoms with Crippen LogP contribution in [0.1, 0.15) is 51.3 Å². The minimum atomic E-state index is -2.59. The molecule has 0 spiro atoms. The highest BCUT2D eigenvalue weighted by Crippen LogP contribution is 2.37. The van der Waals surface area contributed by atoms with Crippen molar-refractivity contribution in [1.29, 1.82) is 0 Å². The van der Waals surface area contributed by atoms with E-state index < -0.39 is 8.72 Å². The van der Waals surface area contributed by atoms with Crippen LogP contribution >= 0.6 is 0 Å². The normalized spacial score (nSPS) is 18.0. The third-order valence-electron chi connectivity index (χ3n) is 3.48. The Labute approximate surface area is 129 Å². The molecule has 116 valence electrons. The smallest absolute Gasteiger partial charge is 0.382 e. The van der Waals surface area contributed by atoms with Gasteiger partial charge in [-0.15, -0.1) is 0 Å². The zero-order chi connectivity index (χ0) is 15.5. The Morgan fingerprint density at radius 2 is 1.71 bits per heavy atom. The molecule has 3 nitrogen and oxygen atoms in total. The van der Waals surface area contributed by atoms with Gasteiger partial charge in [0.15, 0.2) is 0 Å². The van der Waals surface area contributed by atoms with Crippen molar-refractivity contribution in [3.63, 3.8) is 0 Å². The van der Waals surface area contributed by atoms with E-state index in [0.717, 1.165) is 0 Å². The van der Waals surface area contributed by atoms with Gasteiger partial charge in [0.2, 0.25) is 0 Å².